The summed E-state index contributed by atoms with van der Waals surface area (Å²) >= 11 is 5.79. The number of rotatable bonds is 5. The molecule has 2 aromatic carbocycles. The van der Waals surface area contributed by atoms with Crippen molar-refractivity contribution in [3.05, 3.63) is 59.1 Å². The van der Waals surface area contributed by atoms with E-state index in [1.807, 2.05) is 12.1 Å². The molecule has 4 heteroatoms. The van der Waals surface area contributed by atoms with Crippen molar-refractivity contribution < 1.29 is 14.6 Å². The van der Waals surface area contributed by atoms with Crippen LogP contribution in [0.3, 0.4) is 0 Å². The fourth-order valence-corrected chi connectivity index (χ4v) is 1.75. The average Bonchev–Trinajstić information content (AvgIpc) is 2.46. The summed E-state index contributed by atoms with van der Waals surface area (Å²) in [5.74, 6) is 1.46. The second kappa shape index (κ2) is 6.45. The van der Waals surface area contributed by atoms with Gasteiger partial charge in [0.25, 0.3) is 0 Å². The number of aliphatic hydroxyl groups is 1. The lowest BCUT2D eigenvalue weighted by Gasteiger charge is -2.13. The minimum Gasteiger partial charge on any atom is -0.497 e. The van der Waals surface area contributed by atoms with Gasteiger partial charge in [0.15, 0.2) is 0 Å². The van der Waals surface area contributed by atoms with E-state index in [1.54, 1.807) is 43.5 Å². The highest BCUT2D eigenvalue weighted by atomic mass is 35.5. The second-order valence-corrected chi connectivity index (χ2v) is 4.49. The number of benzene rings is 2. The van der Waals surface area contributed by atoms with Gasteiger partial charge in [-0.2, -0.15) is 0 Å². The maximum Gasteiger partial charge on any atom is 0.119 e. The van der Waals surface area contributed by atoms with Crippen LogP contribution in [0.1, 0.15) is 11.7 Å². The van der Waals surface area contributed by atoms with E-state index in [0.717, 1.165) is 11.3 Å². The van der Waals surface area contributed by atoms with Crippen molar-refractivity contribution in [1.29, 1.82) is 0 Å². The van der Waals surface area contributed by atoms with Gasteiger partial charge in [-0.3, -0.25) is 0 Å². The molecule has 0 heterocycles. The van der Waals surface area contributed by atoms with Crippen molar-refractivity contribution in [3.63, 3.8) is 0 Å². The molecule has 0 radical (unpaired) electrons. The van der Waals surface area contributed by atoms with Crippen molar-refractivity contribution in [2.75, 3.05) is 13.7 Å². The Hall–Kier alpha value is -1.71. The van der Waals surface area contributed by atoms with Gasteiger partial charge in [-0.25, -0.2) is 0 Å². The Bertz CT molecular complexity index is 508. The summed E-state index contributed by atoms with van der Waals surface area (Å²) in [5.41, 5.74) is 0.776. The van der Waals surface area contributed by atoms with Gasteiger partial charge < -0.3 is 14.6 Å². The van der Waals surface area contributed by atoms with E-state index < -0.39 is 6.10 Å². The Labute approximate surface area is 117 Å². The molecule has 0 aromatic heterocycles. The molecule has 2 rings (SSSR count). The molecule has 1 atom stereocenters. The Balaban J connectivity index is 1.92. The zero-order valence-electron chi connectivity index (χ0n) is 10.5. The summed E-state index contributed by atoms with van der Waals surface area (Å²) in [5, 5.41) is 10.6. The number of hydrogen-bond acceptors (Lipinski definition) is 3. The van der Waals surface area contributed by atoms with E-state index in [-0.39, 0.29) is 6.61 Å². The van der Waals surface area contributed by atoms with Gasteiger partial charge in [0.1, 0.15) is 24.2 Å². The van der Waals surface area contributed by atoms with Gasteiger partial charge in [0, 0.05) is 5.02 Å². The molecule has 0 aliphatic heterocycles. The molecule has 0 fully saturated rings. The fraction of sp³-hybridized carbons (Fsp3) is 0.200. The smallest absolute Gasteiger partial charge is 0.119 e. The molecular weight excluding hydrogens is 264 g/mol. The van der Waals surface area contributed by atoms with Crippen LogP contribution < -0.4 is 9.47 Å². The lowest BCUT2D eigenvalue weighted by molar-refractivity contribution is 0.108. The summed E-state index contributed by atoms with van der Waals surface area (Å²) in [4.78, 5) is 0. The van der Waals surface area contributed by atoms with E-state index >= 15 is 0 Å². The molecule has 0 spiro atoms. The third-order valence-electron chi connectivity index (χ3n) is 2.72. The lowest BCUT2D eigenvalue weighted by Crippen LogP contribution is -2.09. The largest absolute Gasteiger partial charge is 0.497 e. The van der Waals surface area contributed by atoms with E-state index in [9.17, 15) is 5.11 Å². The Morgan fingerprint density at radius 2 is 1.58 bits per heavy atom. The molecule has 3 nitrogen and oxygen atoms in total. The molecule has 1 N–H and O–H groups in total. The van der Waals surface area contributed by atoms with Gasteiger partial charge in [0.05, 0.1) is 7.11 Å². The van der Waals surface area contributed by atoms with E-state index in [0.29, 0.717) is 10.8 Å². The zero-order valence-corrected chi connectivity index (χ0v) is 11.3. The van der Waals surface area contributed by atoms with Crippen LogP contribution >= 0.6 is 11.6 Å². The molecule has 1 unspecified atom stereocenters. The van der Waals surface area contributed by atoms with E-state index in [4.69, 9.17) is 21.1 Å². The molecule has 0 aliphatic carbocycles. The van der Waals surface area contributed by atoms with Gasteiger partial charge in [-0.1, -0.05) is 23.7 Å². The first kappa shape index (κ1) is 13.7. The monoisotopic (exact) mass is 278 g/mol. The topological polar surface area (TPSA) is 38.7 Å². The van der Waals surface area contributed by atoms with Crippen molar-refractivity contribution in [2.45, 2.75) is 6.10 Å². The third-order valence-corrected chi connectivity index (χ3v) is 2.97. The predicted octanol–water partition coefficient (Wildman–Crippen LogP) is 3.46. The number of halogens is 1. The van der Waals surface area contributed by atoms with Crippen molar-refractivity contribution >= 4 is 11.6 Å². The maximum atomic E-state index is 9.98. The van der Waals surface area contributed by atoms with Gasteiger partial charge >= 0.3 is 0 Å². The molecule has 100 valence electrons. The molecule has 0 amide bonds. The summed E-state index contributed by atoms with van der Waals surface area (Å²) in [6.07, 6.45) is -0.681. The van der Waals surface area contributed by atoms with Crippen LogP contribution in [0.4, 0.5) is 0 Å². The highest BCUT2D eigenvalue weighted by molar-refractivity contribution is 6.30. The highest BCUT2D eigenvalue weighted by Crippen LogP contribution is 2.20. The number of aliphatic hydroxyl groups excluding tert-OH is 1. The van der Waals surface area contributed by atoms with Crippen LogP contribution in [-0.2, 0) is 0 Å². The average molecular weight is 279 g/mol. The standard InChI is InChI=1S/C15H15ClO3/c1-18-13-6-8-14(9-7-13)19-10-15(17)11-2-4-12(16)5-3-11/h2-9,15,17H,10H2,1H3. The summed E-state index contributed by atoms with van der Waals surface area (Å²) in [7, 11) is 1.61. The number of hydrogen-bond donors (Lipinski definition) is 1. The molecule has 0 aliphatic rings. The molecular formula is C15H15ClO3. The van der Waals surface area contributed by atoms with Crippen molar-refractivity contribution in [2.24, 2.45) is 0 Å². The first-order valence-corrected chi connectivity index (χ1v) is 6.27. The number of ether oxygens (including phenoxy) is 2. The van der Waals surface area contributed by atoms with Crippen molar-refractivity contribution in [1.82, 2.24) is 0 Å². The minimum atomic E-state index is -0.681. The minimum absolute atomic E-state index is 0.188. The van der Waals surface area contributed by atoms with Gasteiger partial charge in [-0.15, -0.1) is 0 Å². The predicted molar refractivity (Wildman–Crippen MR) is 74.9 cm³/mol. The van der Waals surface area contributed by atoms with E-state index in [1.165, 1.54) is 0 Å². The van der Waals surface area contributed by atoms with E-state index in [2.05, 4.69) is 0 Å². The highest BCUT2D eigenvalue weighted by Gasteiger charge is 2.08. The summed E-state index contributed by atoms with van der Waals surface area (Å²) in [6.45, 7) is 0.188. The lowest BCUT2D eigenvalue weighted by atomic mass is 10.1. The molecule has 0 saturated heterocycles. The molecule has 0 saturated carbocycles. The summed E-state index contributed by atoms with van der Waals surface area (Å²) in [6, 6.07) is 14.3. The Morgan fingerprint density at radius 1 is 1.00 bits per heavy atom. The van der Waals surface area contributed by atoms with Gasteiger partial charge in [0.2, 0.25) is 0 Å². The van der Waals surface area contributed by atoms with Gasteiger partial charge in [-0.05, 0) is 42.0 Å². The van der Waals surface area contributed by atoms with Crippen LogP contribution in [0.5, 0.6) is 11.5 Å². The Kier molecular flexibility index (Phi) is 4.66. The van der Waals surface area contributed by atoms with Crippen LogP contribution in [0.15, 0.2) is 48.5 Å². The summed E-state index contributed by atoms with van der Waals surface area (Å²) < 4.78 is 10.6. The van der Waals surface area contributed by atoms with Crippen molar-refractivity contribution in [3.8, 4) is 11.5 Å². The molecule has 0 bridgehead atoms. The number of methoxy groups -OCH3 is 1. The molecule has 19 heavy (non-hydrogen) atoms. The van der Waals surface area contributed by atoms with Crippen LogP contribution in [0.25, 0.3) is 0 Å². The van der Waals surface area contributed by atoms with Crippen LogP contribution in [-0.4, -0.2) is 18.8 Å². The normalized spacial score (nSPS) is 11.9. The zero-order chi connectivity index (χ0) is 13.7. The first-order chi connectivity index (χ1) is 9.19. The van der Waals surface area contributed by atoms with Crippen LogP contribution in [0, 0.1) is 0 Å². The fourth-order valence-electron chi connectivity index (χ4n) is 1.63. The Morgan fingerprint density at radius 3 is 2.16 bits per heavy atom. The maximum absolute atomic E-state index is 9.98. The first-order valence-electron chi connectivity index (χ1n) is 5.89. The SMILES string of the molecule is COc1ccc(OCC(O)c2ccc(Cl)cc2)cc1. The van der Waals surface area contributed by atoms with Crippen LogP contribution in [0.2, 0.25) is 5.02 Å². The second-order valence-electron chi connectivity index (χ2n) is 4.05. The molecule has 2 aromatic rings. The quantitative estimate of drug-likeness (QED) is 0.910. The third kappa shape index (κ3) is 3.88.